The summed E-state index contributed by atoms with van der Waals surface area (Å²) in [5.41, 5.74) is 9.08. The highest BCUT2D eigenvalue weighted by molar-refractivity contribution is 5.91. The summed E-state index contributed by atoms with van der Waals surface area (Å²) in [4.78, 5) is 55.9. The third-order valence-corrected chi connectivity index (χ3v) is 2.82. The van der Waals surface area contributed by atoms with Crippen molar-refractivity contribution < 1.29 is 39.3 Å². The number of carboxylic acids is 2. The Morgan fingerprint density at radius 2 is 1.48 bits per heavy atom. The number of rotatable bonds is 8. The highest BCUT2D eigenvalue weighted by atomic mass is 16.4. The number of amides is 4. The Labute approximate surface area is 141 Å². The van der Waals surface area contributed by atoms with Crippen LogP contribution < -0.4 is 27.2 Å². The highest BCUT2D eigenvalue weighted by Crippen LogP contribution is 1.93. The number of carbonyl (C=O) groups excluding carboxylic acids is 3. The van der Waals surface area contributed by atoms with Gasteiger partial charge in [-0.2, -0.15) is 0 Å². The molecule has 0 aromatic heterocycles. The summed E-state index contributed by atoms with van der Waals surface area (Å²) >= 11 is 0. The molecule has 0 aliphatic rings. The van der Waals surface area contributed by atoms with Crippen molar-refractivity contribution in [1.29, 1.82) is 0 Å². The molecular weight excluding hydrogens is 342 g/mol. The van der Waals surface area contributed by atoms with Gasteiger partial charge in [-0.1, -0.05) is 0 Å². The van der Waals surface area contributed by atoms with Gasteiger partial charge in [-0.3, -0.25) is 25.2 Å². The summed E-state index contributed by atoms with van der Waals surface area (Å²) in [6.07, 6.45) is -2.02. The molecule has 142 valence electrons. The largest absolute Gasteiger partial charge is 0.481 e. The zero-order chi connectivity index (χ0) is 19.7. The summed E-state index contributed by atoms with van der Waals surface area (Å²) in [5.74, 6) is -4.60. The molecule has 0 aliphatic heterocycles. The van der Waals surface area contributed by atoms with Gasteiger partial charge in [0.05, 0.1) is 18.6 Å². The molecule has 25 heavy (non-hydrogen) atoms. The Hall–Kier alpha value is -2.93. The van der Waals surface area contributed by atoms with Crippen LogP contribution in [0.15, 0.2) is 0 Å². The van der Waals surface area contributed by atoms with Crippen LogP contribution in [0.3, 0.4) is 0 Å². The van der Waals surface area contributed by atoms with Gasteiger partial charge in [0.2, 0.25) is 0 Å². The van der Waals surface area contributed by atoms with Crippen molar-refractivity contribution in [2.75, 3.05) is 0 Å². The van der Waals surface area contributed by atoms with Crippen LogP contribution in [0.25, 0.3) is 0 Å². The Bertz CT molecular complexity index is 538. The number of carbonyl (C=O) groups is 5. The number of nitrogens with one attached hydrogen (secondary N) is 4. The third-order valence-electron chi connectivity index (χ3n) is 2.82. The molecular formula is C12H21N5O8. The molecule has 0 rings (SSSR count). The molecule has 0 aromatic carbocycles. The molecule has 0 bridgehead atoms. The first-order valence-electron chi connectivity index (χ1n) is 7.00. The molecule has 0 aromatic rings. The Balaban J connectivity index is 4.42. The molecule has 0 spiro atoms. The SMILES string of the molecule is CC(NC(=O)NC(C(=O)O)C(C)O)C(=O)NNC(=O)C(N)CC(=O)O. The number of aliphatic hydroxyl groups is 1. The number of hydrazine groups is 1. The van der Waals surface area contributed by atoms with Crippen molar-refractivity contribution in [3.8, 4) is 0 Å². The van der Waals surface area contributed by atoms with Crippen molar-refractivity contribution in [2.45, 2.75) is 44.5 Å². The van der Waals surface area contributed by atoms with Gasteiger partial charge in [-0.05, 0) is 13.8 Å². The van der Waals surface area contributed by atoms with Gasteiger partial charge in [0.1, 0.15) is 6.04 Å². The molecule has 4 amide bonds. The van der Waals surface area contributed by atoms with Crippen LogP contribution in [0.4, 0.5) is 4.79 Å². The molecule has 9 N–H and O–H groups in total. The van der Waals surface area contributed by atoms with Crippen molar-refractivity contribution in [2.24, 2.45) is 5.73 Å². The lowest BCUT2D eigenvalue weighted by Gasteiger charge is -2.20. The molecule has 0 aliphatic carbocycles. The summed E-state index contributed by atoms with van der Waals surface area (Å²) in [6, 6.07) is -5.19. The molecule has 0 saturated heterocycles. The molecule has 0 heterocycles. The van der Waals surface area contributed by atoms with Gasteiger partial charge in [0.15, 0.2) is 6.04 Å². The predicted octanol–water partition coefficient (Wildman–Crippen LogP) is -3.54. The average molecular weight is 363 g/mol. The first-order valence-corrected chi connectivity index (χ1v) is 7.00. The first-order chi connectivity index (χ1) is 11.5. The molecule has 13 heteroatoms. The highest BCUT2D eigenvalue weighted by Gasteiger charge is 2.26. The second-order valence-corrected chi connectivity index (χ2v) is 5.08. The Morgan fingerprint density at radius 3 is 1.92 bits per heavy atom. The minimum absolute atomic E-state index is 0.645. The van der Waals surface area contributed by atoms with Crippen molar-refractivity contribution in [3.05, 3.63) is 0 Å². The van der Waals surface area contributed by atoms with Gasteiger partial charge in [-0.25, -0.2) is 9.59 Å². The maximum Gasteiger partial charge on any atom is 0.328 e. The molecule has 0 fully saturated rings. The number of carboxylic acid groups (broad SMARTS) is 2. The predicted molar refractivity (Wildman–Crippen MR) is 80.7 cm³/mol. The van der Waals surface area contributed by atoms with Crippen LogP contribution in [-0.4, -0.2) is 69.3 Å². The second-order valence-electron chi connectivity index (χ2n) is 5.08. The molecule has 4 atom stereocenters. The number of hydrogen-bond acceptors (Lipinski definition) is 7. The minimum Gasteiger partial charge on any atom is -0.481 e. The molecule has 0 radical (unpaired) electrons. The normalized spacial score (nSPS) is 15.0. The van der Waals surface area contributed by atoms with E-state index in [-0.39, 0.29) is 0 Å². The number of urea groups is 1. The lowest BCUT2D eigenvalue weighted by atomic mass is 10.2. The summed E-state index contributed by atoms with van der Waals surface area (Å²) < 4.78 is 0. The lowest BCUT2D eigenvalue weighted by Crippen LogP contribution is -2.57. The summed E-state index contributed by atoms with van der Waals surface area (Å²) in [5, 5.41) is 30.6. The average Bonchev–Trinajstić information content (AvgIpc) is 2.48. The lowest BCUT2D eigenvalue weighted by molar-refractivity contribution is -0.142. The van der Waals surface area contributed by atoms with Crippen LogP contribution in [0, 0.1) is 0 Å². The fourth-order valence-electron chi connectivity index (χ4n) is 1.44. The number of hydrogen-bond donors (Lipinski definition) is 8. The van der Waals surface area contributed by atoms with Crippen molar-refractivity contribution in [3.63, 3.8) is 0 Å². The van der Waals surface area contributed by atoms with Gasteiger partial charge < -0.3 is 31.7 Å². The van der Waals surface area contributed by atoms with Crippen LogP contribution in [0.5, 0.6) is 0 Å². The zero-order valence-corrected chi connectivity index (χ0v) is 13.5. The smallest absolute Gasteiger partial charge is 0.328 e. The molecule has 4 unspecified atom stereocenters. The van der Waals surface area contributed by atoms with E-state index in [1.54, 1.807) is 0 Å². The van der Waals surface area contributed by atoms with Gasteiger partial charge >= 0.3 is 18.0 Å². The van der Waals surface area contributed by atoms with Crippen molar-refractivity contribution >= 4 is 29.8 Å². The maximum absolute atomic E-state index is 11.7. The Morgan fingerprint density at radius 1 is 0.960 bits per heavy atom. The molecule has 13 nitrogen and oxygen atoms in total. The number of aliphatic hydroxyl groups excluding tert-OH is 1. The molecule has 0 saturated carbocycles. The van der Waals surface area contributed by atoms with Crippen LogP contribution in [-0.2, 0) is 19.2 Å². The third kappa shape index (κ3) is 8.47. The van der Waals surface area contributed by atoms with Crippen LogP contribution >= 0.6 is 0 Å². The van der Waals surface area contributed by atoms with Gasteiger partial charge in [-0.15, -0.1) is 0 Å². The first kappa shape index (κ1) is 22.1. The van der Waals surface area contributed by atoms with E-state index in [0.29, 0.717) is 0 Å². The van der Waals surface area contributed by atoms with Crippen LogP contribution in [0.2, 0.25) is 0 Å². The minimum atomic E-state index is -1.58. The van der Waals surface area contributed by atoms with E-state index in [9.17, 15) is 29.1 Å². The van der Waals surface area contributed by atoms with E-state index < -0.39 is 60.4 Å². The van der Waals surface area contributed by atoms with Crippen LogP contribution in [0.1, 0.15) is 20.3 Å². The van der Waals surface area contributed by atoms with E-state index in [4.69, 9.17) is 15.9 Å². The monoisotopic (exact) mass is 363 g/mol. The van der Waals surface area contributed by atoms with E-state index in [1.165, 1.54) is 6.92 Å². The Kier molecular flexibility index (Phi) is 8.87. The van der Waals surface area contributed by atoms with E-state index >= 15 is 0 Å². The summed E-state index contributed by atoms with van der Waals surface area (Å²) in [6.45, 7) is 2.39. The number of aliphatic carboxylic acids is 2. The van der Waals surface area contributed by atoms with E-state index in [0.717, 1.165) is 6.92 Å². The van der Waals surface area contributed by atoms with Crippen molar-refractivity contribution in [1.82, 2.24) is 21.5 Å². The van der Waals surface area contributed by atoms with E-state index in [2.05, 4.69) is 5.32 Å². The summed E-state index contributed by atoms with van der Waals surface area (Å²) in [7, 11) is 0. The topological polar surface area (TPSA) is 220 Å². The van der Waals surface area contributed by atoms with Gasteiger partial charge in [0.25, 0.3) is 11.8 Å². The number of nitrogens with two attached hydrogens (primary N) is 1. The van der Waals surface area contributed by atoms with E-state index in [1.807, 2.05) is 16.2 Å². The fraction of sp³-hybridized carbons (Fsp3) is 0.583. The fourth-order valence-corrected chi connectivity index (χ4v) is 1.44. The zero-order valence-electron chi connectivity index (χ0n) is 13.5. The standard InChI is InChI=1S/C12H21N5O8/c1-4(14-12(25)15-8(5(2)18)11(23)24)9(21)16-17-10(22)6(13)3-7(19)20/h4-6,8,18H,3,13H2,1-2H3,(H,16,21)(H,17,22)(H,19,20)(H,23,24)(H2,14,15,25). The van der Waals surface area contributed by atoms with Gasteiger partial charge in [0, 0.05) is 0 Å². The second kappa shape index (κ2) is 10.0. The maximum atomic E-state index is 11.7. The quantitative estimate of drug-likeness (QED) is 0.200.